The van der Waals surface area contributed by atoms with Crippen molar-refractivity contribution in [3.63, 3.8) is 0 Å². The van der Waals surface area contributed by atoms with E-state index in [0.29, 0.717) is 32.5 Å². The highest BCUT2D eigenvalue weighted by Crippen LogP contribution is 2.38. The van der Waals surface area contributed by atoms with Gasteiger partial charge in [0, 0.05) is 31.1 Å². The lowest BCUT2D eigenvalue weighted by Crippen LogP contribution is -2.45. The lowest BCUT2D eigenvalue weighted by atomic mass is 9.96. The summed E-state index contributed by atoms with van der Waals surface area (Å²) in [5.74, 6) is -0.0209. The molecule has 1 saturated heterocycles. The number of hydrogen-bond acceptors (Lipinski definition) is 4. The molecule has 1 aromatic carbocycles. The van der Waals surface area contributed by atoms with Gasteiger partial charge in [0.1, 0.15) is 5.60 Å². The fourth-order valence-corrected chi connectivity index (χ4v) is 4.13. The van der Waals surface area contributed by atoms with Crippen molar-refractivity contribution in [1.29, 1.82) is 0 Å². The molecule has 0 saturated carbocycles. The molecule has 0 radical (unpaired) electrons. The van der Waals surface area contributed by atoms with Crippen LogP contribution in [0, 0.1) is 5.92 Å². The Morgan fingerprint density at radius 1 is 1.21 bits per heavy atom. The van der Waals surface area contributed by atoms with Crippen LogP contribution >= 0.6 is 0 Å². The van der Waals surface area contributed by atoms with Gasteiger partial charge < -0.3 is 19.5 Å². The second kappa shape index (κ2) is 7.54. The van der Waals surface area contributed by atoms with Crippen LogP contribution in [-0.2, 0) is 9.53 Å². The summed E-state index contributed by atoms with van der Waals surface area (Å²) in [5.41, 5.74) is 2.97. The first-order valence-electron chi connectivity index (χ1n) is 10.2. The first kappa shape index (κ1) is 19.5. The van der Waals surface area contributed by atoms with Crippen LogP contribution in [0.4, 0.5) is 4.79 Å². The molecule has 2 aliphatic rings. The fourth-order valence-electron chi connectivity index (χ4n) is 4.13. The van der Waals surface area contributed by atoms with E-state index in [1.54, 1.807) is 4.90 Å². The monoisotopic (exact) mass is 396 g/mol. The highest BCUT2D eigenvalue weighted by molar-refractivity contribution is 5.79. The number of rotatable bonds is 3. The lowest BCUT2D eigenvalue weighted by molar-refractivity contribution is -0.126. The van der Waals surface area contributed by atoms with E-state index in [-0.39, 0.29) is 24.0 Å². The SMILES string of the molecule is CC(C)(C)OC(=O)N1CCC(C(=O)NCC2c3ccccc3-c3cncn32)CC1. The maximum atomic E-state index is 12.8. The zero-order valence-electron chi connectivity index (χ0n) is 17.2. The molecule has 4 rings (SSSR count). The van der Waals surface area contributed by atoms with Crippen molar-refractivity contribution in [3.8, 4) is 11.3 Å². The van der Waals surface area contributed by atoms with Gasteiger partial charge in [-0.2, -0.15) is 0 Å². The van der Waals surface area contributed by atoms with E-state index < -0.39 is 5.60 Å². The third kappa shape index (κ3) is 3.99. The normalized spacial score (nSPS) is 18.9. The molecule has 1 aromatic heterocycles. The van der Waals surface area contributed by atoms with Crippen LogP contribution in [0.1, 0.15) is 45.2 Å². The Bertz CT molecular complexity index is 907. The molecule has 29 heavy (non-hydrogen) atoms. The van der Waals surface area contributed by atoms with Crippen molar-refractivity contribution >= 4 is 12.0 Å². The third-order valence-electron chi connectivity index (χ3n) is 5.58. The number of imidazole rings is 1. The largest absolute Gasteiger partial charge is 0.444 e. The van der Waals surface area contributed by atoms with Gasteiger partial charge in [-0.05, 0) is 39.2 Å². The highest BCUT2D eigenvalue weighted by atomic mass is 16.6. The molecule has 2 aromatic rings. The van der Waals surface area contributed by atoms with Crippen molar-refractivity contribution < 1.29 is 14.3 Å². The van der Waals surface area contributed by atoms with Crippen LogP contribution in [0.2, 0.25) is 0 Å². The van der Waals surface area contributed by atoms with Gasteiger partial charge in [0.05, 0.1) is 24.3 Å². The molecule has 0 bridgehead atoms. The van der Waals surface area contributed by atoms with Crippen molar-refractivity contribution in [3.05, 3.63) is 42.4 Å². The van der Waals surface area contributed by atoms with Gasteiger partial charge in [-0.1, -0.05) is 24.3 Å². The van der Waals surface area contributed by atoms with E-state index in [9.17, 15) is 9.59 Å². The van der Waals surface area contributed by atoms with Crippen molar-refractivity contribution in [2.75, 3.05) is 19.6 Å². The predicted octanol–water partition coefficient (Wildman–Crippen LogP) is 3.22. The molecule has 1 N–H and O–H groups in total. The smallest absolute Gasteiger partial charge is 0.410 e. The number of aromatic nitrogens is 2. The second-order valence-corrected chi connectivity index (χ2v) is 8.78. The summed E-state index contributed by atoms with van der Waals surface area (Å²) in [6, 6.07) is 8.32. The molecule has 0 aliphatic carbocycles. The van der Waals surface area contributed by atoms with E-state index in [1.807, 2.05) is 45.4 Å². The van der Waals surface area contributed by atoms with E-state index in [0.717, 1.165) is 5.69 Å². The fraction of sp³-hybridized carbons (Fsp3) is 0.500. The Labute approximate surface area is 171 Å². The number of carbonyl (C=O) groups excluding carboxylic acids is 2. The van der Waals surface area contributed by atoms with E-state index in [2.05, 4.69) is 27.0 Å². The van der Waals surface area contributed by atoms with Gasteiger partial charge in [0.15, 0.2) is 0 Å². The molecule has 1 unspecified atom stereocenters. The molecular formula is C22H28N4O3. The molecule has 0 spiro atoms. The maximum absolute atomic E-state index is 12.8. The first-order valence-corrected chi connectivity index (χ1v) is 10.2. The number of piperidine rings is 1. The molecule has 1 atom stereocenters. The Morgan fingerprint density at radius 2 is 1.93 bits per heavy atom. The van der Waals surface area contributed by atoms with Gasteiger partial charge in [-0.15, -0.1) is 0 Å². The highest BCUT2D eigenvalue weighted by Gasteiger charge is 2.32. The minimum absolute atomic E-state index is 0.0554. The number of ether oxygens (including phenoxy) is 1. The van der Waals surface area contributed by atoms with Gasteiger partial charge in [0.2, 0.25) is 5.91 Å². The molecule has 7 heteroatoms. The van der Waals surface area contributed by atoms with Crippen LogP contribution in [-0.4, -0.2) is 51.7 Å². The number of benzene rings is 1. The molecule has 3 heterocycles. The Kier molecular flexibility index (Phi) is 5.06. The van der Waals surface area contributed by atoms with Crippen LogP contribution < -0.4 is 5.32 Å². The van der Waals surface area contributed by atoms with E-state index >= 15 is 0 Å². The van der Waals surface area contributed by atoms with Gasteiger partial charge in [-0.25, -0.2) is 9.78 Å². The Morgan fingerprint density at radius 3 is 2.66 bits per heavy atom. The molecule has 2 aliphatic heterocycles. The summed E-state index contributed by atoms with van der Waals surface area (Å²) in [6.45, 7) is 7.20. The number of likely N-dealkylation sites (tertiary alicyclic amines) is 1. The summed E-state index contributed by atoms with van der Waals surface area (Å²) in [4.78, 5) is 30.9. The van der Waals surface area contributed by atoms with Crippen molar-refractivity contribution in [2.45, 2.75) is 45.3 Å². The number of nitrogens with one attached hydrogen (secondary N) is 1. The lowest BCUT2D eigenvalue weighted by Gasteiger charge is -2.33. The molecule has 2 amide bonds. The summed E-state index contributed by atoms with van der Waals surface area (Å²) in [7, 11) is 0. The van der Waals surface area contributed by atoms with E-state index in [1.165, 1.54) is 11.1 Å². The van der Waals surface area contributed by atoms with Gasteiger partial charge >= 0.3 is 6.09 Å². The standard InChI is InChI=1S/C22H28N4O3/c1-22(2,3)29-21(28)25-10-8-15(9-11-25)20(27)24-13-19-17-7-5-4-6-16(17)18-12-23-14-26(18)19/h4-7,12,14-15,19H,8-11,13H2,1-3H3,(H,24,27). The summed E-state index contributed by atoms with van der Waals surface area (Å²) < 4.78 is 7.55. The minimum atomic E-state index is -0.505. The number of fused-ring (bicyclic) bond motifs is 3. The molecule has 1 fully saturated rings. The number of amides is 2. The molecular weight excluding hydrogens is 368 g/mol. The van der Waals surface area contributed by atoms with Crippen molar-refractivity contribution in [1.82, 2.24) is 19.8 Å². The second-order valence-electron chi connectivity index (χ2n) is 8.78. The zero-order chi connectivity index (χ0) is 20.6. The molecule has 154 valence electrons. The number of hydrogen-bond donors (Lipinski definition) is 1. The Hall–Kier alpha value is -2.83. The summed E-state index contributed by atoms with van der Waals surface area (Å²) in [5, 5.41) is 3.13. The van der Waals surface area contributed by atoms with Crippen LogP contribution in [0.25, 0.3) is 11.3 Å². The predicted molar refractivity (Wildman–Crippen MR) is 109 cm³/mol. The summed E-state index contributed by atoms with van der Waals surface area (Å²) >= 11 is 0. The minimum Gasteiger partial charge on any atom is -0.444 e. The number of carbonyl (C=O) groups is 2. The van der Waals surface area contributed by atoms with Crippen LogP contribution in [0.15, 0.2) is 36.8 Å². The summed E-state index contributed by atoms with van der Waals surface area (Å²) in [6.07, 6.45) is 4.70. The Balaban J connectivity index is 1.32. The van der Waals surface area contributed by atoms with Crippen LogP contribution in [0.3, 0.4) is 0 Å². The first-order chi connectivity index (χ1) is 13.8. The van der Waals surface area contributed by atoms with Gasteiger partial charge in [0.25, 0.3) is 0 Å². The number of nitrogens with zero attached hydrogens (tertiary/aromatic N) is 3. The maximum Gasteiger partial charge on any atom is 0.410 e. The van der Waals surface area contributed by atoms with E-state index in [4.69, 9.17) is 4.74 Å². The van der Waals surface area contributed by atoms with Crippen molar-refractivity contribution in [2.24, 2.45) is 5.92 Å². The molecule has 7 nitrogen and oxygen atoms in total. The topological polar surface area (TPSA) is 76.5 Å². The van der Waals surface area contributed by atoms with Crippen LogP contribution in [0.5, 0.6) is 0 Å². The zero-order valence-corrected chi connectivity index (χ0v) is 17.2. The third-order valence-corrected chi connectivity index (χ3v) is 5.58. The average molecular weight is 396 g/mol. The average Bonchev–Trinajstić information content (AvgIpc) is 3.26. The quantitative estimate of drug-likeness (QED) is 0.864. The van der Waals surface area contributed by atoms with Gasteiger partial charge in [-0.3, -0.25) is 4.79 Å².